The Morgan fingerprint density at radius 2 is 2.38 bits per heavy atom. The molecule has 0 aromatic carbocycles. The second-order valence-electron chi connectivity index (χ2n) is 3.53. The first-order chi connectivity index (χ1) is 6.20. The van der Waals surface area contributed by atoms with Gasteiger partial charge >= 0.3 is 0 Å². The molecular formula is C10H18N2O. The van der Waals surface area contributed by atoms with Gasteiger partial charge in [0.05, 0.1) is 6.04 Å². The summed E-state index contributed by atoms with van der Waals surface area (Å²) >= 11 is 0. The largest absolute Gasteiger partial charge is 0.335 e. The van der Waals surface area contributed by atoms with Gasteiger partial charge in [-0.05, 0) is 19.3 Å². The van der Waals surface area contributed by atoms with Crippen molar-refractivity contribution in [2.75, 3.05) is 6.54 Å². The van der Waals surface area contributed by atoms with Crippen LogP contribution in [0.5, 0.6) is 0 Å². The Balaban J connectivity index is 2.52. The predicted octanol–water partition coefficient (Wildman–Crippen LogP) is 0.901. The van der Waals surface area contributed by atoms with Gasteiger partial charge in [-0.25, -0.2) is 0 Å². The van der Waals surface area contributed by atoms with E-state index in [9.17, 15) is 4.79 Å². The molecule has 2 N–H and O–H groups in total. The second kappa shape index (κ2) is 4.42. The summed E-state index contributed by atoms with van der Waals surface area (Å²) in [6, 6.07) is 0.101. The number of nitrogens with zero attached hydrogens (tertiary/aromatic N) is 1. The van der Waals surface area contributed by atoms with Crippen LogP contribution in [-0.4, -0.2) is 29.4 Å². The minimum absolute atomic E-state index is 0.0740. The quantitative estimate of drug-likeness (QED) is 0.642. The van der Waals surface area contributed by atoms with Gasteiger partial charge in [0.15, 0.2) is 0 Å². The molecule has 1 aliphatic rings. The molecule has 1 aliphatic carbocycles. The first-order valence-electron chi connectivity index (χ1n) is 4.87. The van der Waals surface area contributed by atoms with Crippen molar-refractivity contribution in [3.05, 3.63) is 12.7 Å². The van der Waals surface area contributed by atoms with Gasteiger partial charge in [-0.1, -0.05) is 13.0 Å². The lowest BCUT2D eigenvalue weighted by molar-refractivity contribution is -0.132. The molecule has 1 amide bonds. The Morgan fingerprint density at radius 1 is 1.77 bits per heavy atom. The van der Waals surface area contributed by atoms with Crippen LogP contribution in [0.3, 0.4) is 0 Å². The number of carbonyl (C=O) groups excluding carboxylic acids is 1. The number of rotatable bonds is 5. The van der Waals surface area contributed by atoms with Gasteiger partial charge < -0.3 is 10.6 Å². The molecule has 0 aliphatic heterocycles. The van der Waals surface area contributed by atoms with Crippen molar-refractivity contribution in [2.24, 2.45) is 5.73 Å². The summed E-state index contributed by atoms with van der Waals surface area (Å²) in [6.45, 7) is 6.21. The zero-order valence-corrected chi connectivity index (χ0v) is 8.20. The average molecular weight is 182 g/mol. The van der Waals surface area contributed by atoms with Gasteiger partial charge in [0, 0.05) is 12.6 Å². The SMILES string of the molecule is C=CCN(C(=O)[C@@H](N)CC)C1CC1. The van der Waals surface area contributed by atoms with Crippen molar-refractivity contribution in [3.63, 3.8) is 0 Å². The molecule has 13 heavy (non-hydrogen) atoms. The van der Waals surface area contributed by atoms with Gasteiger partial charge in [-0.15, -0.1) is 6.58 Å². The third-order valence-electron chi connectivity index (χ3n) is 2.35. The van der Waals surface area contributed by atoms with E-state index in [1.165, 1.54) is 0 Å². The molecule has 1 atom stereocenters. The predicted molar refractivity (Wildman–Crippen MR) is 53.2 cm³/mol. The summed E-state index contributed by atoms with van der Waals surface area (Å²) in [6.07, 6.45) is 4.71. The van der Waals surface area contributed by atoms with Crippen LogP contribution in [0, 0.1) is 0 Å². The van der Waals surface area contributed by atoms with Crippen molar-refractivity contribution in [2.45, 2.75) is 38.3 Å². The minimum Gasteiger partial charge on any atom is -0.335 e. The Labute approximate surface area is 79.6 Å². The molecule has 1 rings (SSSR count). The van der Waals surface area contributed by atoms with Gasteiger partial charge in [0.2, 0.25) is 5.91 Å². The molecule has 74 valence electrons. The molecule has 0 aromatic heterocycles. The van der Waals surface area contributed by atoms with Gasteiger partial charge in [-0.2, -0.15) is 0 Å². The molecular weight excluding hydrogens is 164 g/mol. The summed E-state index contributed by atoms with van der Waals surface area (Å²) < 4.78 is 0. The molecule has 0 saturated heterocycles. The number of nitrogens with two attached hydrogens (primary N) is 1. The standard InChI is InChI=1S/C10H18N2O/c1-3-7-12(8-5-6-8)10(13)9(11)4-2/h3,8-9H,1,4-7,11H2,2H3/t9-/m0/s1. The highest BCUT2D eigenvalue weighted by Crippen LogP contribution is 2.27. The Kier molecular flexibility index (Phi) is 3.48. The maximum Gasteiger partial charge on any atom is 0.240 e. The smallest absolute Gasteiger partial charge is 0.240 e. The van der Waals surface area contributed by atoms with Crippen LogP contribution < -0.4 is 5.73 Å². The first-order valence-corrected chi connectivity index (χ1v) is 4.87. The van der Waals surface area contributed by atoms with Crippen LogP contribution >= 0.6 is 0 Å². The molecule has 0 radical (unpaired) electrons. The fourth-order valence-electron chi connectivity index (χ4n) is 1.33. The van der Waals surface area contributed by atoms with Crippen LogP contribution in [0.1, 0.15) is 26.2 Å². The number of hydrogen-bond donors (Lipinski definition) is 1. The highest BCUT2D eigenvalue weighted by Gasteiger charge is 2.33. The number of amides is 1. The van der Waals surface area contributed by atoms with E-state index in [1.54, 1.807) is 6.08 Å². The molecule has 3 heteroatoms. The van der Waals surface area contributed by atoms with E-state index >= 15 is 0 Å². The summed E-state index contributed by atoms with van der Waals surface area (Å²) in [5, 5.41) is 0. The van der Waals surface area contributed by atoms with Crippen molar-refractivity contribution < 1.29 is 4.79 Å². The fraction of sp³-hybridized carbons (Fsp3) is 0.700. The molecule has 0 heterocycles. The van der Waals surface area contributed by atoms with E-state index < -0.39 is 0 Å². The zero-order valence-electron chi connectivity index (χ0n) is 8.20. The minimum atomic E-state index is -0.333. The third-order valence-corrected chi connectivity index (χ3v) is 2.35. The average Bonchev–Trinajstić information content (AvgIpc) is 2.95. The van der Waals surface area contributed by atoms with Crippen LogP contribution in [0.25, 0.3) is 0 Å². The highest BCUT2D eigenvalue weighted by atomic mass is 16.2. The van der Waals surface area contributed by atoms with Crippen LogP contribution in [-0.2, 0) is 4.79 Å². The van der Waals surface area contributed by atoms with E-state index in [4.69, 9.17) is 5.73 Å². The molecule has 3 nitrogen and oxygen atoms in total. The van der Waals surface area contributed by atoms with Crippen LogP contribution in [0.15, 0.2) is 12.7 Å². The van der Waals surface area contributed by atoms with E-state index in [0.717, 1.165) is 12.8 Å². The van der Waals surface area contributed by atoms with Crippen molar-refractivity contribution in [1.29, 1.82) is 0 Å². The molecule has 0 spiro atoms. The maximum absolute atomic E-state index is 11.7. The van der Waals surface area contributed by atoms with Gasteiger partial charge in [-0.3, -0.25) is 4.79 Å². The Hall–Kier alpha value is -0.830. The van der Waals surface area contributed by atoms with Gasteiger partial charge in [0.1, 0.15) is 0 Å². The summed E-state index contributed by atoms with van der Waals surface area (Å²) in [4.78, 5) is 13.5. The lowest BCUT2D eigenvalue weighted by Crippen LogP contribution is -2.44. The second-order valence-corrected chi connectivity index (χ2v) is 3.53. The van der Waals surface area contributed by atoms with E-state index in [1.807, 2.05) is 11.8 Å². The summed E-state index contributed by atoms with van der Waals surface area (Å²) in [5.74, 6) is 0.0740. The van der Waals surface area contributed by atoms with E-state index in [2.05, 4.69) is 6.58 Å². The Bertz CT molecular complexity index is 199. The lowest BCUT2D eigenvalue weighted by Gasteiger charge is -2.23. The molecule has 1 fully saturated rings. The van der Waals surface area contributed by atoms with Crippen LogP contribution in [0.2, 0.25) is 0 Å². The van der Waals surface area contributed by atoms with Crippen molar-refractivity contribution >= 4 is 5.91 Å². The molecule has 1 saturated carbocycles. The third kappa shape index (κ3) is 2.56. The summed E-state index contributed by atoms with van der Waals surface area (Å²) in [5.41, 5.74) is 5.69. The van der Waals surface area contributed by atoms with Crippen molar-refractivity contribution in [3.8, 4) is 0 Å². The van der Waals surface area contributed by atoms with Crippen LogP contribution in [0.4, 0.5) is 0 Å². The fourth-order valence-corrected chi connectivity index (χ4v) is 1.33. The normalized spacial score (nSPS) is 18.0. The lowest BCUT2D eigenvalue weighted by atomic mass is 10.2. The Morgan fingerprint density at radius 3 is 2.77 bits per heavy atom. The molecule has 0 unspecified atom stereocenters. The highest BCUT2D eigenvalue weighted by molar-refractivity contribution is 5.82. The van der Waals surface area contributed by atoms with Gasteiger partial charge in [0.25, 0.3) is 0 Å². The van der Waals surface area contributed by atoms with E-state index in [0.29, 0.717) is 19.0 Å². The number of carbonyl (C=O) groups is 1. The summed E-state index contributed by atoms with van der Waals surface area (Å²) in [7, 11) is 0. The first kappa shape index (κ1) is 10.3. The monoisotopic (exact) mass is 182 g/mol. The van der Waals surface area contributed by atoms with E-state index in [-0.39, 0.29) is 11.9 Å². The zero-order chi connectivity index (χ0) is 9.84. The molecule has 0 bridgehead atoms. The number of hydrogen-bond acceptors (Lipinski definition) is 2. The topological polar surface area (TPSA) is 46.3 Å². The molecule has 0 aromatic rings. The van der Waals surface area contributed by atoms with Crippen molar-refractivity contribution in [1.82, 2.24) is 4.90 Å². The maximum atomic E-state index is 11.7.